The molecule has 0 aliphatic carbocycles. The van der Waals surface area contributed by atoms with Crippen LogP contribution < -0.4 is 14.8 Å². The molecule has 0 aliphatic heterocycles. The topological polar surface area (TPSA) is 65.4 Å². The Morgan fingerprint density at radius 3 is 2.30 bits per heavy atom. The lowest BCUT2D eigenvalue weighted by Crippen LogP contribution is -2.25. The standard InChI is InChI=1S/C25H21F2N3O3/c1-32-22-4-3-5-23(33-2)24(22)17-7-9-18(10-8-17)30-15-28-14-21(30)25(31)29-13-16-6-11-19(26)20(27)12-16/h3-12,14-15H,13H2,1-2H3,(H,29,31). The molecule has 4 rings (SSSR count). The summed E-state index contributed by atoms with van der Waals surface area (Å²) in [7, 11) is 3.20. The molecule has 4 aromatic rings. The van der Waals surface area contributed by atoms with Gasteiger partial charge in [-0.05, 0) is 47.5 Å². The summed E-state index contributed by atoms with van der Waals surface area (Å²) in [6.07, 6.45) is 2.98. The summed E-state index contributed by atoms with van der Waals surface area (Å²) in [5.41, 5.74) is 3.19. The minimum atomic E-state index is -0.960. The Labute approximate surface area is 189 Å². The van der Waals surface area contributed by atoms with Crippen molar-refractivity contribution in [1.82, 2.24) is 14.9 Å². The molecule has 1 amide bonds. The van der Waals surface area contributed by atoms with Crippen LogP contribution in [0.1, 0.15) is 16.1 Å². The first-order valence-corrected chi connectivity index (χ1v) is 10.1. The molecule has 8 heteroatoms. The van der Waals surface area contributed by atoms with Crippen LogP contribution in [0.15, 0.2) is 73.2 Å². The Morgan fingerprint density at radius 1 is 0.970 bits per heavy atom. The maximum atomic E-state index is 13.4. The highest BCUT2D eigenvalue weighted by molar-refractivity contribution is 5.93. The van der Waals surface area contributed by atoms with Gasteiger partial charge < -0.3 is 14.8 Å². The van der Waals surface area contributed by atoms with Gasteiger partial charge in [-0.1, -0.05) is 24.3 Å². The van der Waals surface area contributed by atoms with E-state index in [9.17, 15) is 13.6 Å². The van der Waals surface area contributed by atoms with Crippen LogP contribution in [0.3, 0.4) is 0 Å². The van der Waals surface area contributed by atoms with Gasteiger partial charge >= 0.3 is 0 Å². The molecule has 1 heterocycles. The lowest BCUT2D eigenvalue weighted by molar-refractivity contribution is 0.0944. The molecule has 0 radical (unpaired) electrons. The monoisotopic (exact) mass is 449 g/mol. The van der Waals surface area contributed by atoms with Crippen molar-refractivity contribution in [2.75, 3.05) is 14.2 Å². The van der Waals surface area contributed by atoms with E-state index in [0.29, 0.717) is 22.8 Å². The molecule has 0 saturated carbocycles. The van der Waals surface area contributed by atoms with Crippen molar-refractivity contribution in [2.24, 2.45) is 0 Å². The lowest BCUT2D eigenvalue weighted by atomic mass is 10.0. The van der Waals surface area contributed by atoms with Crippen LogP contribution in [0.5, 0.6) is 11.5 Å². The first kappa shape index (κ1) is 22.0. The molecule has 0 saturated heterocycles. The largest absolute Gasteiger partial charge is 0.496 e. The number of carbonyl (C=O) groups excluding carboxylic acids is 1. The smallest absolute Gasteiger partial charge is 0.270 e. The number of nitrogens with one attached hydrogen (secondary N) is 1. The highest BCUT2D eigenvalue weighted by atomic mass is 19.2. The van der Waals surface area contributed by atoms with Crippen LogP contribution >= 0.6 is 0 Å². The zero-order valence-electron chi connectivity index (χ0n) is 18.0. The maximum Gasteiger partial charge on any atom is 0.270 e. The normalized spacial score (nSPS) is 10.7. The fourth-order valence-corrected chi connectivity index (χ4v) is 3.52. The predicted octanol–water partition coefficient (Wildman–Crippen LogP) is 4.76. The van der Waals surface area contributed by atoms with Gasteiger partial charge in [0, 0.05) is 12.2 Å². The average molecular weight is 449 g/mol. The van der Waals surface area contributed by atoms with E-state index in [1.54, 1.807) is 18.8 Å². The molecule has 3 aromatic carbocycles. The molecular formula is C25H21F2N3O3. The Kier molecular flexibility index (Phi) is 6.35. The van der Waals surface area contributed by atoms with Gasteiger partial charge in [0.25, 0.3) is 5.91 Å². The van der Waals surface area contributed by atoms with E-state index < -0.39 is 17.5 Å². The fraction of sp³-hybridized carbons (Fsp3) is 0.120. The highest BCUT2D eigenvalue weighted by Gasteiger charge is 2.15. The van der Waals surface area contributed by atoms with Gasteiger partial charge in [-0.15, -0.1) is 0 Å². The van der Waals surface area contributed by atoms with Crippen molar-refractivity contribution in [2.45, 2.75) is 6.54 Å². The lowest BCUT2D eigenvalue weighted by Gasteiger charge is -2.14. The number of hydrogen-bond acceptors (Lipinski definition) is 4. The van der Waals surface area contributed by atoms with E-state index in [2.05, 4.69) is 10.3 Å². The molecule has 0 aliphatic rings. The second kappa shape index (κ2) is 9.52. The SMILES string of the molecule is COc1cccc(OC)c1-c1ccc(-n2cncc2C(=O)NCc2ccc(F)c(F)c2)cc1. The third-order valence-corrected chi connectivity index (χ3v) is 5.17. The molecule has 33 heavy (non-hydrogen) atoms. The molecule has 1 aromatic heterocycles. The Morgan fingerprint density at radius 2 is 1.67 bits per heavy atom. The summed E-state index contributed by atoms with van der Waals surface area (Å²) in [6.45, 7) is 0.0494. The number of nitrogens with zero attached hydrogens (tertiary/aromatic N) is 2. The molecule has 0 fully saturated rings. The minimum absolute atomic E-state index is 0.0494. The zero-order valence-corrected chi connectivity index (χ0v) is 18.0. The van der Waals surface area contributed by atoms with Crippen LogP contribution in [0, 0.1) is 11.6 Å². The van der Waals surface area contributed by atoms with E-state index >= 15 is 0 Å². The first-order valence-electron chi connectivity index (χ1n) is 10.1. The summed E-state index contributed by atoms with van der Waals surface area (Å²) in [4.78, 5) is 16.8. The summed E-state index contributed by atoms with van der Waals surface area (Å²) in [6, 6.07) is 16.6. The Bertz CT molecular complexity index is 1260. The summed E-state index contributed by atoms with van der Waals surface area (Å²) >= 11 is 0. The number of methoxy groups -OCH3 is 2. The average Bonchev–Trinajstić information content (AvgIpc) is 3.34. The van der Waals surface area contributed by atoms with E-state index in [1.807, 2.05) is 42.5 Å². The van der Waals surface area contributed by atoms with Crippen molar-refractivity contribution < 1.29 is 23.0 Å². The molecule has 6 nitrogen and oxygen atoms in total. The maximum absolute atomic E-state index is 13.4. The number of amides is 1. The number of ether oxygens (including phenoxy) is 2. The van der Waals surface area contributed by atoms with Crippen LogP contribution in [0.25, 0.3) is 16.8 Å². The Balaban J connectivity index is 1.55. The molecule has 0 bridgehead atoms. The van der Waals surface area contributed by atoms with Crippen molar-refractivity contribution in [3.63, 3.8) is 0 Å². The summed E-state index contributed by atoms with van der Waals surface area (Å²) in [5.74, 6) is -0.923. The number of aromatic nitrogens is 2. The highest BCUT2D eigenvalue weighted by Crippen LogP contribution is 2.38. The van der Waals surface area contributed by atoms with Gasteiger partial charge in [0.1, 0.15) is 17.2 Å². The zero-order chi connectivity index (χ0) is 23.4. The van der Waals surface area contributed by atoms with Gasteiger partial charge in [-0.2, -0.15) is 0 Å². The Hall–Kier alpha value is -4.20. The first-order chi connectivity index (χ1) is 16.0. The number of carbonyl (C=O) groups is 1. The van der Waals surface area contributed by atoms with Crippen molar-refractivity contribution in [1.29, 1.82) is 0 Å². The van der Waals surface area contributed by atoms with Gasteiger partial charge in [0.15, 0.2) is 11.6 Å². The van der Waals surface area contributed by atoms with Crippen molar-refractivity contribution in [3.05, 3.63) is 96.1 Å². The van der Waals surface area contributed by atoms with Crippen LogP contribution in [0.2, 0.25) is 0 Å². The van der Waals surface area contributed by atoms with E-state index in [4.69, 9.17) is 9.47 Å². The van der Waals surface area contributed by atoms with E-state index in [-0.39, 0.29) is 6.54 Å². The van der Waals surface area contributed by atoms with Crippen molar-refractivity contribution >= 4 is 5.91 Å². The number of rotatable bonds is 7. The van der Waals surface area contributed by atoms with E-state index in [0.717, 1.165) is 28.9 Å². The van der Waals surface area contributed by atoms with Crippen LogP contribution in [-0.4, -0.2) is 29.7 Å². The third-order valence-electron chi connectivity index (χ3n) is 5.17. The molecule has 1 N–H and O–H groups in total. The number of imidazole rings is 1. The second-order valence-corrected chi connectivity index (χ2v) is 7.16. The second-order valence-electron chi connectivity index (χ2n) is 7.16. The molecule has 168 valence electrons. The predicted molar refractivity (Wildman–Crippen MR) is 120 cm³/mol. The van der Waals surface area contributed by atoms with Crippen LogP contribution in [0.4, 0.5) is 8.78 Å². The van der Waals surface area contributed by atoms with Gasteiger partial charge in [-0.3, -0.25) is 9.36 Å². The van der Waals surface area contributed by atoms with Gasteiger partial charge in [-0.25, -0.2) is 13.8 Å². The summed E-state index contributed by atoms with van der Waals surface area (Å²) < 4.78 is 39.1. The molecule has 0 atom stereocenters. The minimum Gasteiger partial charge on any atom is -0.496 e. The van der Waals surface area contributed by atoms with Gasteiger partial charge in [0.2, 0.25) is 0 Å². The number of halogens is 2. The summed E-state index contributed by atoms with van der Waals surface area (Å²) in [5, 5.41) is 2.70. The number of hydrogen-bond donors (Lipinski definition) is 1. The quantitative estimate of drug-likeness (QED) is 0.442. The molecule has 0 spiro atoms. The third kappa shape index (κ3) is 4.55. The molecule has 0 unspecified atom stereocenters. The van der Waals surface area contributed by atoms with Gasteiger partial charge in [0.05, 0.1) is 32.3 Å². The fourth-order valence-electron chi connectivity index (χ4n) is 3.52. The van der Waals surface area contributed by atoms with Crippen molar-refractivity contribution in [3.8, 4) is 28.3 Å². The van der Waals surface area contributed by atoms with Crippen LogP contribution in [-0.2, 0) is 6.54 Å². The van der Waals surface area contributed by atoms with E-state index in [1.165, 1.54) is 18.6 Å². The number of benzene rings is 3. The molecular weight excluding hydrogens is 428 g/mol.